The lowest BCUT2D eigenvalue weighted by atomic mass is 9.86. The number of aromatic nitrogens is 3. The predicted octanol–water partition coefficient (Wildman–Crippen LogP) is 1.75. The molecule has 118 valence electrons. The highest BCUT2D eigenvalue weighted by Crippen LogP contribution is 2.24. The first kappa shape index (κ1) is 16.2. The Labute approximate surface area is 130 Å². The maximum atomic E-state index is 12.7. The molecule has 0 aliphatic carbocycles. The SMILES string of the molecule is CN(C(=O)c1cccc(-n2ccnn2)c1)[C@H](CO)C(C)(C)C. The molecule has 0 saturated carbocycles. The highest BCUT2D eigenvalue weighted by atomic mass is 16.3. The monoisotopic (exact) mass is 302 g/mol. The third-order valence-electron chi connectivity index (χ3n) is 3.74. The number of nitrogens with zero attached hydrogens (tertiary/aromatic N) is 4. The molecule has 22 heavy (non-hydrogen) atoms. The summed E-state index contributed by atoms with van der Waals surface area (Å²) < 4.78 is 1.60. The van der Waals surface area contributed by atoms with Crippen molar-refractivity contribution in [3.05, 3.63) is 42.2 Å². The number of benzene rings is 1. The van der Waals surface area contributed by atoms with Gasteiger partial charge in [0, 0.05) is 12.6 Å². The number of aliphatic hydroxyl groups is 1. The Morgan fingerprint density at radius 2 is 2.14 bits per heavy atom. The third kappa shape index (κ3) is 3.33. The fraction of sp³-hybridized carbons (Fsp3) is 0.438. The molecule has 0 aliphatic heterocycles. The van der Waals surface area contributed by atoms with Gasteiger partial charge in [-0.3, -0.25) is 4.79 Å². The van der Waals surface area contributed by atoms with Crippen LogP contribution in [0.2, 0.25) is 0 Å². The van der Waals surface area contributed by atoms with E-state index in [2.05, 4.69) is 10.3 Å². The van der Waals surface area contributed by atoms with Gasteiger partial charge in [0.2, 0.25) is 0 Å². The average Bonchev–Trinajstić information content (AvgIpc) is 3.00. The Hall–Kier alpha value is -2.21. The molecule has 0 aliphatic rings. The van der Waals surface area contributed by atoms with E-state index in [0.717, 1.165) is 5.69 Å². The fourth-order valence-electron chi connectivity index (χ4n) is 2.45. The van der Waals surface area contributed by atoms with Gasteiger partial charge in [0.05, 0.1) is 30.7 Å². The highest BCUT2D eigenvalue weighted by molar-refractivity contribution is 5.94. The molecule has 1 aromatic heterocycles. The zero-order valence-electron chi connectivity index (χ0n) is 13.4. The van der Waals surface area contributed by atoms with Crippen molar-refractivity contribution in [3.8, 4) is 5.69 Å². The smallest absolute Gasteiger partial charge is 0.254 e. The van der Waals surface area contributed by atoms with Gasteiger partial charge in [-0.1, -0.05) is 32.1 Å². The molecule has 1 amide bonds. The maximum Gasteiger partial charge on any atom is 0.254 e. The van der Waals surface area contributed by atoms with Crippen LogP contribution in [-0.4, -0.2) is 50.6 Å². The van der Waals surface area contributed by atoms with Crippen LogP contribution < -0.4 is 0 Å². The van der Waals surface area contributed by atoms with Crippen LogP contribution in [0.1, 0.15) is 31.1 Å². The second-order valence-corrected chi connectivity index (χ2v) is 6.38. The van der Waals surface area contributed by atoms with E-state index in [1.54, 1.807) is 41.2 Å². The number of hydrogen-bond acceptors (Lipinski definition) is 4. The number of rotatable bonds is 4. The first-order valence-corrected chi connectivity index (χ1v) is 7.19. The van der Waals surface area contributed by atoms with Crippen LogP contribution in [0.3, 0.4) is 0 Å². The molecule has 1 heterocycles. The molecule has 0 saturated heterocycles. The predicted molar refractivity (Wildman–Crippen MR) is 83.8 cm³/mol. The lowest BCUT2D eigenvalue weighted by Crippen LogP contribution is -2.47. The first-order valence-electron chi connectivity index (χ1n) is 7.19. The average molecular weight is 302 g/mol. The van der Waals surface area contributed by atoms with Gasteiger partial charge in [0.25, 0.3) is 5.91 Å². The molecule has 0 spiro atoms. The summed E-state index contributed by atoms with van der Waals surface area (Å²) in [5, 5.41) is 17.3. The minimum absolute atomic E-state index is 0.0749. The van der Waals surface area contributed by atoms with Crippen LogP contribution in [0.5, 0.6) is 0 Å². The summed E-state index contributed by atoms with van der Waals surface area (Å²) in [6.07, 6.45) is 3.31. The largest absolute Gasteiger partial charge is 0.394 e. The van der Waals surface area contributed by atoms with Gasteiger partial charge in [-0.15, -0.1) is 5.10 Å². The molecule has 1 atom stereocenters. The van der Waals surface area contributed by atoms with Crippen LogP contribution in [-0.2, 0) is 0 Å². The molecule has 0 unspecified atom stereocenters. The first-order chi connectivity index (χ1) is 10.3. The van der Waals surface area contributed by atoms with Gasteiger partial charge >= 0.3 is 0 Å². The van der Waals surface area contributed by atoms with Gasteiger partial charge in [-0.25, -0.2) is 4.68 Å². The molecule has 2 aromatic rings. The molecule has 6 heteroatoms. The minimum Gasteiger partial charge on any atom is -0.394 e. The zero-order valence-corrected chi connectivity index (χ0v) is 13.4. The molecule has 2 rings (SSSR count). The second kappa shape index (κ2) is 6.27. The van der Waals surface area contributed by atoms with E-state index in [1.165, 1.54) is 0 Å². The van der Waals surface area contributed by atoms with Gasteiger partial charge in [0.1, 0.15) is 0 Å². The number of aliphatic hydroxyl groups excluding tert-OH is 1. The van der Waals surface area contributed by atoms with E-state index in [0.29, 0.717) is 5.56 Å². The number of carbonyl (C=O) groups is 1. The van der Waals surface area contributed by atoms with E-state index in [1.807, 2.05) is 32.9 Å². The molecule has 1 aromatic carbocycles. The standard InChI is InChI=1S/C16H22N4O2/c1-16(2,3)14(11-21)19(4)15(22)12-6-5-7-13(10-12)20-9-8-17-18-20/h5-10,14,21H,11H2,1-4H3/t14-/m1/s1. The fourth-order valence-corrected chi connectivity index (χ4v) is 2.45. The summed E-state index contributed by atoms with van der Waals surface area (Å²) in [5.74, 6) is -0.129. The Morgan fingerprint density at radius 3 is 2.68 bits per heavy atom. The van der Waals surface area contributed by atoms with Crippen LogP contribution >= 0.6 is 0 Å². The molecule has 0 radical (unpaired) electrons. The normalized spacial score (nSPS) is 13.0. The van der Waals surface area contributed by atoms with Crippen molar-refractivity contribution in [1.82, 2.24) is 19.9 Å². The van der Waals surface area contributed by atoms with Crippen molar-refractivity contribution < 1.29 is 9.90 Å². The van der Waals surface area contributed by atoms with Gasteiger partial charge in [-0.05, 0) is 23.6 Å². The minimum atomic E-state index is -0.255. The number of hydrogen-bond donors (Lipinski definition) is 1. The number of likely N-dealkylation sites (N-methyl/N-ethyl adjacent to an activating group) is 1. The van der Waals surface area contributed by atoms with Crippen LogP contribution in [0.4, 0.5) is 0 Å². The Bertz CT molecular complexity index is 632. The lowest BCUT2D eigenvalue weighted by molar-refractivity contribution is 0.0433. The Balaban J connectivity index is 2.28. The van der Waals surface area contributed by atoms with Gasteiger partial charge in [0.15, 0.2) is 0 Å². The van der Waals surface area contributed by atoms with Crippen molar-refractivity contribution in [2.75, 3.05) is 13.7 Å². The van der Waals surface area contributed by atoms with Gasteiger partial charge in [-0.2, -0.15) is 0 Å². The van der Waals surface area contributed by atoms with Gasteiger partial charge < -0.3 is 10.0 Å². The van der Waals surface area contributed by atoms with Crippen molar-refractivity contribution >= 4 is 5.91 Å². The Morgan fingerprint density at radius 1 is 1.41 bits per heavy atom. The summed E-state index contributed by atoms with van der Waals surface area (Å²) in [7, 11) is 1.72. The van der Waals surface area contributed by atoms with E-state index in [4.69, 9.17) is 0 Å². The molecule has 1 N–H and O–H groups in total. The topological polar surface area (TPSA) is 71.2 Å². The number of amides is 1. The summed E-state index contributed by atoms with van der Waals surface area (Å²) in [6, 6.07) is 6.94. The quantitative estimate of drug-likeness (QED) is 0.934. The van der Waals surface area contributed by atoms with Crippen molar-refractivity contribution in [2.24, 2.45) is 5.41 Å². The summed E-state index contributed by atoms with van der Waals surface area (Å²) in [5.41, 5.74) is 1.12. The van der Waals surface area contributed by atoms with E-state index in [-0.39, 0.29) is 24.0 Å². The summed E-state index contributed by atoms with van der Waals surface area (Å²) in [4.78, 5) is 14.3. The summed E-state index contributed by atoms with van der Waals surface area (Å²) in [6.45, 7) is 5.94. The Kier molecular flexibility index (Phi) is 4.61. The van der Waals surface area contributed by atoms with Crippen LogP contribution in [0.15, 0.2) is 36.7 Å². The molecular formula is C16H22N4O2. The summed E-state index contributed by atoms with van der Waals surface area (Å²) >= 11 is 0. The molecule has 0 fully saturated rings. The second-order valence-electron chi connectivity index (χ2n) is 6.38. The van der Waals surface area contributed by atoms with E-state index in [9.17, 15) is 9.90 Å². The van der Waals surface area contributed by atoms with Crippen LogP contribution in [0, 0.1) is 5.41 Å². The van der Waals surface area contributed by atoms with Crippen molar-refractivity contribution in [2.45, 2.75) is 26.8 Å². The molecule has 0 bridgehead atoms. The van der Waals surface area contributed by atoms with E-state index >= 15 is 0 Å². The van der Waals surface area contributed by atoms with Crippen molar-refractivity contribution in [3.63, 3.8) is 0 Å². The zero-order chi connectivity index (χ0) is 16.3. The molecule has 6 nitrogen and oxygen atoms in total. The number of carbonyl (C=O) groups excluding carboxylic acids is 1. The molecular weight excluding hydrogens is 280 g/mol. The van der Waals surface area contributed by atoms with Crippen molar-refractivity contribution in [1.29, 1.82) is 0 Å². The van der Waals surface area contributed by atoms with E-state index < -0.39 is 0 Å². The van der Waals surface area contributed by atoms with Crippen LogP contribution in [0.25, 0.3) is 5.69 Å². The highest BCUT2D eigenvalue weighted by Gasteiger charge is 2.31. The third-order valence-corrected chi connectivity index (χ3v) is 3.74. The maximum absolute atomic E-state index is 12.7. The lowest BCUT2D eigenvalue weighted by Gasteiger charge is -2.36.